The predicted molar refractivity (Wildman–Crippen MR) is 111 cm³/mol. The molecule has 3 aromatic rings. The van der Waals surface area contributed by atoms with Crippen molar-refractivity contribution in [3.8, 4) is 0 Å². The summed E-state index contributed by atoms with van der Waals surface area (Å²) >= 11 is 0. The number of aliphatic hydroxyl groups excluding tert-OH is 1. The largest absolute Gasteiger partial charge is 0.468 e. The molecular weight excluding hydrogens is 382 g/mol. The zero-order chi connectivity index (χ0) is 20.7. The number of furan rings is 1. The number of pyridine rings is 1. The predicted octanol–water partition coefficient (Wildman–Crippen LogP) is 2.05. The Morgan fingerprint density at radius 2 is 2.23 bits per heavy atom. The highest BCUT2D eigenvalue weighted by atomic mass is 16.3. The Hall–Kier alpha value is -2.71. The Labute approximate surface area is 175 Å². The van der Waals surface area contributed by atoms with Crippen molar-refractivity contribution in [1.29, 1.82) is 0 Å². The van der Waals surface area contributed by atoms with Gasteiger partial charge in [0.25, 0.3) is 5.91 Å². The standard InChI is InChI=1S/C22H27N5O3/c1-25-19-10-16(11-23-18(19)12-24-25)21(29)27-8-6-22(15-28)5-3-7-26(20(22)14-27)13-17-4-2-9-30-17/h2,4,9-12,20,28H,3,5-8,13-15H2,1H3/t20-,22-/m0/s1. The Kier molecular flexibility index (Phi) is 4.83. The lowest BCUT2D eigenvalue weighted by Gasteiger charge is -2.54. The molecule has 0 bridgehead atoms. The maximum absolute atomic E-state index is 13.3. The molecule has 30 heavy (non-hydrogen) atoms. The van der Waals surface area contributed by atoms with Crippen LogP contribution in [0.3, 0.4) is 0 Å². The number of piperidine rings is 2. The van der Waals surface area contributed by atoms with Gasteiger partial charge in [0.1, 0.15) is 11.3 Å². The summed E-state index contributed by atoms with van der Waals surface area (Å²) in [5.41, 5.74) is 2.05. The number of aromatic nitrogens is 3. The van der Waals surface area contributed by atoms with Crippen LogP contribution in [0, 0.1) is 5.41 Å². The molecule has 5 heterocycles. The summed E-state index contributed by atoms with van der Waals surface area (Å²) in [4.78, 5) is 22.0. The Balaban J connectivity index is 1.40. The van der Waals surface area contributed by atoms with Crippen LogP contribution in [-0.4, -0.2) is 67.9 Å². The van der Waals surface area contributed by atoms with Gasteiger partial charge in [0.05, 0.1) is 36.7 Å². The third-order valence-corrected chi connectivity index (χ3v) is 6.93. The molecule has 0 saturated carbocycles. The summed E-state index contributed by atoms with van der Waals surface area (Å²) in [5, 5.41) is 14.5. The van der Waals surface area contributed by atoms with E-state index in [0.29, 0.717) is 25.2 Å². The third kappa shape index (κ3) is 3.20. The van der Waals surface area contributed by atoms with Crippen LogP contribution < -0.4 is 0 Å². The highest BCUT2D eigenvalue weighted by Gasteiger charge is 2.48. The first-order valence-electron chi connectivity index (χ1n) is 10.5. The van der Waals surface area contributed by atoms with Crippen LogP contribution in [0.4, 0.5) is 0 Å². The molecule has 0 spiro atoms. The number of aryl methyl sites for hydroxylation is 1. The topological polar surface area (TPSA) is 87.6 Å². The third-order valence-electron chi connectivity index (χ3n) is 6.93. The van der Waals surface area contributed by atoms with Crippen molar-refractivity contribution in [3.05, 3.63) is 48.2 Å². The van der Waals surface area contributed by atoms with Gasteiger partial charge < -0.3 is 14.4 Å². The summed E-state index contributed by atoms with van der Waals surface area (Å²) in [5.74, 6) is 0.902. The first kappa shape index (κ1) is 19.3. The molecule has 2 aliphatic heterocycles. The van der Waals surface area contributed by atoms with Crippen molar-refractivity contribution in [2.24, 2.45) is 12.5 Å². The van der Waals surface area contributed by atoms with Crippen LogP contribution in [0.2, 0.25) is 0 Å². The SMILES string of the molecule is Cn1ncc2ncc(C(=O)N3CC[C@]4(CO)CCCN(Cc5ccco5)[C@H]4C3)cc21. The number of amides is 1. The molecule has 0 aromatic carbocycles. The summed E-state index contributed by atoms with van der Waals surface area (Å²) in [6.45, 7) is 3.04. The normalized spacial score (nSPS) is 24.9. The molecule has 3 aromatic heterocycles. The molecule has 2 aliphatic rings. The van der Waals surface area contributed by atoms with Crippen LogP contribution in [0.15, 0.2) is 41.3 Å². The van der Waals surface area contributed by atoms with E-state index in [1.807, 2.05) is 30.1 Å². The quantitative estimate of drug-likeness (QED) is 0.710. The van der Waals surface area contributed by atoms with E-state index in [1.165, 1.54) is 0 Å². The van der Waals surface area contributed by atoms with E-state index in [1.54, 1.807) is 23.3 Å². The number of likely N-dealkylation sites (tertiary alicyclic amines) is 2. The van der Waals surface area contributed by atoms with Crippen LogP contribution in [0.25, 0.3) is 11.0 Å². The van der Waals surface area contributed by atoms with Gasteiger partial charge in [-0.2, -0.15) is 5.10 Å². The smallest absolute Gasteiger partial charge is 0.255 e. The fraction of sp³-hybridized carbons (Fsp3) is 0.500. The van der Waals surface area contributed by atoms with Gasteiger partial charge in [0, 0.05) is 37.8 Å². The number of fused-ring (bicyclic) bond motifs is 2. The second kappa shape index (κ2) is 7.52. The maximum Gasteiger partial charge on any atom is 0.255 e. The highest BCUT2D eigenvalue weighted by molar-refractivity contribution is 5.96. The minimum Gasteiger partial charge on any atom is -0.468 e. The zero-order valence-electron chi connectivity index (χ0n) is 17.2. The van der Waals surface area contributed by atoms with Crippen molar-refractivity contribution in [3.63, 3.8) is 0 Å². The van der Waals surface area contributed by atoms with Gasteiger partial charge >= 0.3 is 0 Å². The van der Waals surface area contributed by atoms with Gasteiger partial charge in [-0.25, -0.2) is 0 Å². The van der Waals surface area contributed by atoms with E-state index in [4.69, 9.17) is 4.42 Å². The second-order valence-corrected chi connectivity index (χ2v) is 8.59. The van der Waals surface area contributed by atoms with Crippen molar-refractivity contribution in [2.75, 3.05) is 26.2 Å². The van der Waals surface area contributed by atoms with Crippen LogP contribution in [0.1, 0.15) is 35.4 Å². The molecule has 5 rings (SSSR count). The van der Waals surface area contributed by atoms with Gasteiger partial charge in [-0.1, -0.05) is 0 Å². The van der Waals surface area contributed by atoms with Crippen LogP contribution in [0.5, 0.6) is 0 Å². The van der Waals surface area contributed by atoms with Gasteiger partial charge in [-0.15, -0.1) is 0 Å². The molecule has 8 heteroatoms. The Bertz CT molecular complexity index is 1050. The highest BCUT2D eigenvalue weighted by Crippen LogP contribution is 2.43. The first-order chi connectivity index (χ1) is 14.6. The molecule has 0 unspecified atom stereocenters. The van der Waals surface area contributed by atoms with E-state index in [2.05, 4.69) is 15.0 Å². The summed E-state index contributed by atoms with van der Waals surface area (Å²) in [7, 11) is 1.85. The molecule has 1 N–H and O–H groups in total. The molecule has 0 aliphatic carbocycles. The van der Waals surface area contributed by atoms with Crippen molar-refractivity contribution in [1.82, 2.24) is 24.6 Å². The van der Waals surface area contributed by atoms with E-state index in [9.17, 15) is 9.90 Å². The molecule has 8 nitrogen and oxygen atoms in total. The molecule has 158 valence electrons. The number of nitrogens with zero attached hydrogens (tertiary/aromatic N) is 5. The van der Waals surface area contributed by atoms with Crippen LogP contribution in [-0.2, 0) is 13.6 Å². The Morgan fingerprint density at radius 1 is 1.33 bits per heavy atom. The monoisotopic (exact) mass is 409 g/mol. The minimum atomic E-state index is -0.161. The molecule has 2 saturated heterocycles. The molecule has 2 fully saturated rings. The van der Waals surface area contributed by atoms with Crippen molar-refractivity contribution >= 4 is 16.9 Å². The van der Waals surface area contributed by atoms with E-state index >= 15 is 0 Å². The zero-order valence-corrected chi connectivity index (χ0v) is 17.2. The Morgan fingerprint density at radius 3 is 3.03 bits per heavy atom. The van der Waals surface area contributed by atoms with Crippen LogP contribution >= 0.6 is 0 Å². The summed E-state index contributed by atoms with van der Waals surface area (Å²) in [6.07, 6.45) is 7.88. The fourth-order valence-electron chi connectivity index (χ4n) is 5.17. The number of carbonyl (C=O) groups is 1. The summed E-state index contributed by atoms with van der Waals surface area (Å²) in [6, 6.07) is 5.85. The van der Waals surface area contributed by atoms with Gasteiger partial charge in [-0.05, 0) is 44.0 Å². The average molecular weight is 409 g/mol. The second-order valence-electron chi connectivity index (χ2n) is 8.59. The lowest BCUT2D eigenvalue weighted by molar-refractivity contribution is -0.0743. The number of hydrogen-bond donors (Lipinski definition) is 1. The van der Waals surface area contributed by atoms with Gasteiger partial charge in [-0.3, -0.25) is 19.4 Å². The lowest BCUT2D eigenvalue weighted by Crippen LogP contribution is -2.63. The molecule has 0 radical (unpaired) electrons. The minimum absolute atomic E-state index is 0.0133. The first-order valence-corrected chi connectivity index (χ1v) is 10.5. The average Bonchev–Trinajstić information content (AvgIpc) is 3.42. The van der Waals surface area contributed by atoms with Gasteiger partial charge in [0.15, 0.2) is 0 Å². The van der Waals surface area contributed by atoms with E-state index in [-0.39, 0.29) is 24.0 Å². The molecular formula is C22H27N5O3. The fourth-order valence-corrected chi connectivity index (χ4v) is 5.17. The number of hydrogen-bond acceptors (Lipinski definition) is 6. The number of carbonyl (C=O) groups excluding carboxylic acids is 1. The number of aliphatic hydroxyl groups is 1. The summed E-state index contributed by atoms with van der Waals surface area (Å²) < 4.78 is 7.30. The maximum atomic E-state index is 13.3. The van der Waals surface area contributed by atoms with Crippen molar-refractivity contribution < 1.29 is 14.3 Å². The van der Waals surface area contributed by atoms with Gasteiger partial charge in [0.2, 0.25) is 0 Å². The lowest BCUT2D eigenvalue weighted by atomic mass is 9.69. The van der Waals surface area contributed by atoms with Crippen molar-refractivity contribution in [2.45, 2.75) is 31.8 Å². The molecule has 2 atom stereocenters. The number of rotatable bonds is 4. The molecule has 1 amide bonds. The van der Waals surface area contributed by atoms with E-state index < -0.39 is 0 Å². The van der Waals surface area contributed by atoms with E-state index in [0.717, 1.165) is 42.6 Å².